The van der Waals surface area contributed by atoms with E-state index in [4.69, 9.17) is 9.72 Å². The van der Waals surface area contributed by atoms with Gasteiger partial charge < -0.3 is 14.4 Å². The molecule has 0 aliphatic heterocycles. The number of rotatable bonds is 6. The van der Waals surface area contributed by atoms with Crippen LogP contribution in [0.4, 0.5) is 0 Å². The summed E-state index contributed by atoms with van der Waals surface area (Å²) in [7, 11) is 0. The third kappa shape index (κ3) is 4.24. The Morgan fingerprint density at radius 2 is 1.57 bits per heavy atom. The summed E-state index contributed by atoms with van der Waals surface area (Å²) < 4.78 is 8.06. The van der Waals surface area contributed by atoms with Crippen LogP contribution in [0, 0.1) is 0 Å². The number of aliphatic hydroxyl groups excluding tert-OH is 1. The molecule has 1 atom stereocenters. The Kier molecular flexibility index (Phi) is 5.60. The largest absolute Gasteiger partial charge is 0.492 e. The van der Waals surface area contributed by atoms with Crippen molar-refractivity contribution in [2.24, 2.45) is 0 Å². The van der Waals surface area contributed by atoms with Gasteiger partial charge >= 0.3 is 0 Å². The van der Waals surface area contributed by atoms with Gasteiger partial charge in [-0.05, 0) is 40.8 Å². The molecule has 1 unspecified atom stereocenters. The van der Waals surface area contributed by atoms with Gasteiger partial charge in [-0.15, -0.1) is 0 Å². The molecule has 4 nitrogen and oxygen atoms in total. The van der Waals surface area contributed by atoms with Crippen LogP contribution >= 0.6 is 0 Å². The van der Waals surface area contributed by atoms with Crippen LogP contribution in [0.25, 0.3) is 11.0 Å². The first-order valence-corrected chi connectivity index (χ1v) is 10.3. The molecule has 0 bridgehead atoms. The van der Waals surface area contributed by atoms with E-state index in [-0.39, 0.29) is 5.41 Å². The van der Waals surface area contributed by atoms with Crippen molar-refractivity contribution in [3.63, 3.8) is 0 Å². The Hall–Kier alpha value is -3.11. The molecular weight excluding hydrogens is 372 g/mol. The summed E-state index contributed by atoms with van der Waals surface area (Å²) >= 11 is 0. The Bertz CT molecular complexity index is 1110. The van der Waals surface area contributed by atoms with Crippen LogP contribution in [0.1, 0.15) is 43.8 Å². The smallest absolute Gasteiger partial charge is 0.143 e. The van der Waals surface area contributed by atoms with Crippen LogP contribution < -0.4 is 4.74 Å². The van der Waals surface area contributed by atoms with Gasteiger partial charge in [0, 0.05) is 0 Å². The number of benzene rings is 3. The van der Waals surface area contributed by atoms with Crippen LogP contribution in [-0.2, 0) is 12.0 Å². The highest BCUT2D eigenvalue weighted by Gasteiger charge is 2.19. The van der Waals surface area contributed by atoms with Crippen molar-refractivity contribution in [2.75, 3.05) is 6.61 Å². The number of hydrogen-bond acceptors (Lipinski definition) is 3. The first-order valence-electron chi connectivity index (χ1n) is 10.3. The van der Waals surface area contributed by atoms with Crippen molar-refractivity contribution in [2.45, 2.75) is 38.8 Å². The Labute approximate surface area is 177 Å². The number of ether oxygens (including phenoxy) is 1. The lowest BCUT2D eigenvalue weighted by atomic mass is 9.87. The zero-order valence-electron chi connectivity index (χ0n) is 17.7. The third-order valence-corrected chi connectivity index (χ3v) is 5.35. The Morgan fingerprint density at radius 1 is 0.900 bits per heavy atom. The van der Waals surface area contributed by atoms with Crippen molar-refractivity contribution in [1.82, 2.24) is 9.55 Å². The summed E-state index contributed by atoms with van der Waals surface area (Å²) in [6.07, 6.45) is -0.787. The number of aliphatic hydroxyl groups is 1. The number of aromatic nitrogens is 2. The fourth-order valence-corrected chi connectivity index (χ4v) is 3.63. The first-order chi connectivity index (χ1) is 14.4. The van der Waals surface area contributed by atoms with Crippen molar-refractivity contribution in [3.05, 3.63) is 95.8 Å². The molecule has 0 aliphatic carbocycles. The molecule has 0 fully saturated rings. The van der Waals surface area contributed by atoms with Gasteiger partial charge in [0.05, 0.1) is 17.6 Å². The highest BCUT2D eigenvalue weighted by atomic mass is 16.5. The molecule has 4 heteroatoms. The molecule has 1 aromatic heterocycles. The van der Waals surface area contributed by atoms with Gasteiger partial charge in [-0.25, -0.2) is 4.98 Å². The van der Waals surface area contributed by atoms with Crippen molar-refractivity contribution in [1.29, 1.82) is 0 Å². The van der Waals surface area contributed by atoms with Gasteiger partial charge in [-0.1, -0.05) is 75.4 Å². The van der Waals surface area contributed by atoms with E-state index in [0.717, 1.165) is 22.3 Å². The maximum absolute atomic E-state index is 11.0. The third-order valence-electron chi connectivity index (χ3n) is 5.35. The van der Waals surface area contributed by atoms with E-state index in [1.54, 1.807) is 0 Å². The molecule has 0 saturated heterocycles. The van der Waals surface area contributed by atoms with Gasteiger partial charge in [0.1, 0.15) is 24.3 Å². The van der Waals surface area contributed by atoms with Crippen LogP contribution in [0.15, 0.2) is 78.9 Å². The van der Waals surface area contributed by atoms with Crippen LogP contribution in [0.5, 0.6) is 5.75 Å². The van der Waals surface area contributed by atoms with E-state index in [9.17, 15) is 5.11 Å². The zero-order valence-corrected chi connectivity index (χ0v) is 17.7. The van der Waals surface area contributed by atoms with E-state index in [2.05, 4.69) is 37.5 Å². The normalized spacial score (nSPS) is 12.8. The average Bonchev–Trinajstić information content (AvgIpc) is 3.12. The SMILES string of the molecule is CC(C)(C)c1ccc(OCCn2c(C(O)c3ccccc3)nc3ccccc32)cc1. The molecule has 4 aromatic rings. The number of hydrogen-bond donors (Lipinski definition) is 1. The molecule has 30 heavy (non-hydrogen) atoms. The lowest BCUT2D eigenvalue weighted by molar-refractivity contribution is 0.201. The van der Waals surface area contributed by atoms with Crippen molar-refractivity contribution in [3.8, 4) is 5.75 Å². The van der Waals surface area contributed by atoms with E-state index >= 15 is 0 Å². The second-order valence-electron chi connectivity index (χ2n) is 8.55. The fourth-order valence-electron chi connectivity index (χ4n) is 3.63. The van der Waals surface area contributed by atoms with Crippen molar-refractivity contribution >= 4 is 11.0 Å². The van der Waals surface area contributed by atoms with E-state index in [0.29, 0.717) is 19.0 Å². The van der Waals surface area contributed by atoms with Gasteiger partial charge in [0.25, 0.3) is 0 Å². The second kappa shape index (κ2) is 8.33. The summed E-state index contributed by atoms with van der Waals surface area (Å²) in [5.74, 6) is 1.48. The Morgan fingerprint density at radius 3 is 2.27 bits per heavy atom. The molecule has 4 rings (SSSR count). The van der Waals surface area contributed by atoms with Gasteiger partial charge in [-0.3, -0.25) is 0 Å². The minimum absolute atomic E-state index is 0.122. The van der Waals surface area contributed by atoms with Gasteiger partial charge in [-0.2, -0.15) is 0 Å². The molecule has 1 N–H and O–H groups in total. The number of nitrogens with zero attached hydrogens (tertiary/aromatic N) is 2. The summed E-state index contributed by atoms with van der Waals surface area (Å²) in [5.41, 5.74) is 4.10. The highest BCUT2D eigenvalue weighted by molar-refractivity contribution is 5.76. The molecule has 3 aromatic carbocycles. The molecule has 0 spiro atoms. The molecule has 0 aliphatic rings. The molecular formula is C26H28N2O2. The quantitative estimate of drug-likeness (QED) is 0.465. The molecule has 154 valence electrons. The first kappa shape index (κ1) is 20.2. The standard InChI is InChI=1S/C26H28N2O2/c1-26(2,3)20-13-15-21(16-14-20)30-18-17-28-23-12-8-7-11-22(23)27-25(28)24(29)19-9-5-4-6-10-19/h4-16,24,29H,17-18H2,1-3H3. The topological polar surface area (TPSA) is 47.3 Å². The monoisotopic (exact) mass is 400 g/mol. The van der Waals surface area contributed by atoms with E-state index < -0.39 is 6.10 Å². The lowest BCUT2D eigenvalue weighted by Gasteiger charge is -2.19. The van der Waals surface area contributed by atoms with Gasteiger partial charge in [0.15, 0.2) is 0 Å². The molecule has 0 radical (unpaired) electrons. The maximum Gasteiger partial charge on any atom is 0.143 e. The predicted octanol–water partition coefficient (Wildman–Crippen LogP) is 5.49. The van der Waals surface area contributed by atoms with E-state index in [1.165, 1.54) is 5.56 Å². The van der Waals surface area contributed by atoms with Crippen LogP contribution in [-0.4, -0.2) is 21.3 Å². The number of fused-ring (bicyclic) bond motifs is 1. The maximum atomic E-state index is 11.0. The average molecular weight is 401 g/mol. The van der Waals surface area contributed by atoms with Gasteiger partial charge in [0.2, 0.25) is 0 Å². The molecule has 0 amide bonds. The summed E-state index contributed by atoms with van der Waals surface area (Å²) in [5, 5.41) is 11.0. The predicted molar refractivity (Wildman–Crippen MR) is 121 cm³/mol. The number of para-hydroxylation sites is 2. The molecule has 1 heterocycles. The van der Waals surface area contributed by atoms with Crippen molar-refractivity contribution < 1.29 is 9.84 Å². The number of imidazole rings is 1. The Balaban J connectivity index is 1.55. The minimum atomic E-state index is -0.787. The van der Waals surface area contributed by atoms with Crippen LogP contribution in [0.2, 0.25) is 0 Å². The minimum Gasteiger partial charge on any atom is -0.492 e. The highest BCUT2D eigenvalue weighted by Crippen LogP contribution is 2.27. The summed E-state index contributed by atoms with van der Waals surface area (Å²) in [6.45, 7) is 7.69. The fraction of sp³-hybridized carbons (Fsp3) is 0.269. The zero-order chi connectivity index (χ0) is 21.1. The van der Waals surface area contributed by atoms with Crippen LogP contribution in [0.3, 0.4) is 0 Å². The van der Waals surface area contributed by atoms with E-state index in [1.807, 2.05) is 66.7 Å². The summed E-state index contributed by atoms with van der Waals surface area (Å²) in [4.78, 5) is 4.71. The lowest BCUT2D eigenvalue weighted by Crippen LogP contribution is -2.15. The molecule has 0 saturated carbocycles. The second-order valence-corrected chi connectivity index (χ2v) is 8.55. The summed E-state index contributed by atoms with van der Waals surface area (Å²) in [6, 6.07) is 25.9.